The Morgan fingerprint density at radius 1 is 1.27 bits per heavy atom. The van der Waals surface area contributed by atoms with Crippen molar-refractivity contribution in [1.82, 2.24) is 0 Å². The largest absolute Gasteiger partial charge is 0.422 e. The number of methoxy groups -OCH3 is 1. The van der Waals surface area contributed by atoms with Gasteiger partial charge in [-0.25, -0.2) is 4.79 Å². The second kappa shape index (κ2) is 7.75. The standard InChI is InChI=1S/C19H25NO6/c1-10(17(22)18(23)16(9-21)25-2)20-13-6-5-12-7-14(11-3-4-11)19(24)26-15(12)8-13/h5-8,10-11,16-18,20-23H,3-4,9H2,1-2H3. The lowest BCUT2D eigenvalue weighted by atomic mass is 10.0. The molecule has 2 aromatic rings. The van der Waals surface area contributed by atoms with Gasteiger partial charge in [-0.05, 0) is 43.9 Å². The van der Waals surface area contributed by atoms with E-state index in [4.69, 9.17) is 14.3 Å². The van der Waals surface area contributed by atoms with Crippen molar-refractivity contribution in [3.8, 4) is 0 Å². The third kappa shape index (κ3) is 3.91. The zero-order valence-electron chi connectivity index (χ0n) is 14.9. The molecular weight excluding hydrogens is 338 g/mol. The summed E-state index contributed by atoms with van der Waals surface area (Å²) in [6, 6.07) is 6.74. The zero-order valence-corrected chi connectivity index (χ0v) is 14.9. The first-order chi connectivity index (χ1) is 12.4. The summed E-state index contributed by atoms with van der Waals surface area (Å²) in [5.74, 6) is 0.324. The van der Waals surface area contributed by atoms with E-state index in [9.17, 15) is 15.0 Å². The van der Waals surface area contributed by atoms with E-state index >= 15 is 0 Å². The van der Waals surface area contributed by atoms with Crippen LogP contribution in [-0.2, 0) is 4.74 Å². The first-order valence-corrected chi connectivity index (χ1v) is 8.78. The van der Waals surface area contributed by atoms with Gasteiger partial charge in [0.15, 0.2) is 0 Å². The second-order valence-electron chi connectivity index (χ2n) is 6.89. The number of rotatable bonds is 8. The Morgan fingerprint density at radius 2 is 2.00 bits per heavy atom. The van der Waals surface area contributed by atoms with Crippen molar-refractivity contribution in [1.29, 1.82) is 0 Å². The summed E-state index contributed by atoms with van der Waals surface area (Å²) >= 11 is 0. The van der Waals surface area contributed by atoms with Crippen LogP contribution in [0.4, 0.5) is 5.69 Å². The monoisotopic (exact) mass is 363 g/mol. The van der Waals surface area contributed by atoms with Crippen LogP contribution in [0.3, 0.4) is 0 Å². The van der Waals surface area contributed by atoms with Gasteiger partial charge in [0.05, 0.1) is 12.6 Å². The van der Waals surface area contributed by atoms with Crippen LogP contribution in [0.1, 0.15) is 31.2 Å². The summed E-state index contributed by atoms with van der Waals surface area (Å²) in [5.41, 5.74) is 1.56. The normalized spacial score (nSPS) is 19.1. The van der Waals surface area contributed by atoms with E-state index in [1.54, 1.807) is 13.0 Å². The first kappa shape index (κ1) is 18.8. The number of aliphatic hydroxyl groups excluding tert-OH is 3. The van der Waals surface area contributed by atoms with Crippen molar-refractivity contribution < 1.29 is 24.5 Å². The molecule has 4 unspecified atom stereocenters. The number of ether oxygens (including phenoxy) is 1. The molecule has 0 spiro atoms. The predicted octanol–water partition coefficient (Wildman–Crippen LogP) is 1.20. The zero-order chi connectivity index (χ0) is 18.8. The maximum atomic E-state index is 12.1. The highest BCUT2D eigenvalue weighted by Crippen LogP contribution is 2.39. The number of nitrogens with one attached hydrogen (secondary N) is 1. The molecule has 1 aromatic heterocycles. The van der Waals surface area contributed by atoms with Crippen molar-refractivity contribution >= 4 is 16.7 Å². The minimum atomic E-state index is -1.24. The van der Waals surface area contributed by atoms with Crippen molar-refractivity contribution in [2.24, 2.45) is 0 Å². The molecule has 4 N–H and O–H groups in total. The molecule has 7 heteroatoms. The Bertz CT molecular complexity index is 811. The Hall–Kier alpha value is -1.93. The molecule has 0 aliphatic heterocycles. The average molecular weight is 363 g/mol. The van der Waals surface area contributed by atoms with Gasteiger partial charge < -0.3 is 29.8 Å². The summed E-state index contributed by atoms with van der Waals surface area (Å²) in [6.45, 7) is 1.31. The van der Waals surface area contributed by atoms with E-state index in [-0.39, 0.29) is 5.63 Å². The van der Waals surface area contributed by atoms with Crippen LogP contribution in [0.15, 0.2) is 33.5 Å². The van der Waals surface area contributed by atoms with Crippen molar-refractivity contribution in [3.63, 3.8) is 0 Å². The fourth-order valence-electron chi connectivity index (χ4n) is 3.08. The molecule has 1 saturated carbocycles. The summed E-state index contributed by atoms with van der Waals surface area (Å²) < 4.78 is 10.4. The number of hydrogen-bond acceptors (Lipinski definition) is 7. The number of hydrogen-bond donors (Lipinski definition) is 4. The predicted molar refractivity (Wildman–Crippen MR) is 97.4 cm³/mol. The van der Waals surface area contributed by atoms with Gasteiger partial charge in [0.1, 0.15) is 23.9 Å². The fourth-order valence-corrected chi connectivity index (χ4v) is 3.08. The topological polar surface area (TPSA) is 112 Å². The smallest absolute Gasteiger partial charge is 0.339 e. The van der Waals surface area contributed by atoms with Crippen LogP contribution < -0.4 is 10.9 Å². The van der Waals surface area contributed by atoms with E-state index in [0.29, 0.717) is 17.2 Å². The average Bonchev–Trinajstić information content (AvgIpc) is 3.46. The molecular formula is C19H25NO6. The first-order valence-electron chi connectivity index (χ1n) is 8.78. The SMILES string of the molecule is COC(CO)C(O)C(O)C(C)Nc1ccc2cc(C3CC3)c(=O)oc2c1. The lowest BCUT2D eigenvalue weighted by Crippen LogP contribution is -2.48. The summed E-state index contributed by atoms with van der Waals surface area (Å²) in [5, 5.41) is 33.5. The lowest BCUT2D eigenvalue weighted by Gasteiger charge is -2.29. The third-order valence-corrected chi connectivity index (χ3v) is 4.90. The summed E-state index contributed by atoms with van der Waals surface area (Å²) in [7, 11) is 1.36. The van der Waals surface area contributed by atoms with E-state index in [0.717, 1.165) is 23.8 Å². The molecule has 0 amide bonds. The van der Waals surface area contributed by atoms with Crippen LogP contribution in [0, 0.1) is 0 Å². The Kier molecular flexibility index (Phi) is 5.62. The molecule has 1 aromatic carbocycles. The Labute approximate surface area is 151 Å². The maximum absolute atomic E-state index is 12.1. The van der Waals surface area contributed by atoms with Crippen molar-refractivity contribution in [3.05, 3.63) is 40.2 Å². The Balaban J connectivity index is 1.75. The van der Waals surface area contributed by atoms with Gasteiger partial charge >= 0.3 is 5.63 Å². The fraction of sp³-hybridized carbons (Fsp3) is 0.526. The van der Waals surface area contributed by atoms with Gasteiger partial charge in [-0.15, -0.1) is 0 Å². The Morgan fingerprint density at radius 3 is 2.62 bits per heavy atom. The minimum Gasteiger partial charge on any atom is -0.422 e. The molecule has 1 fully saturated rings. The van der Waals surface area contributed by atoms with Crippen molar-refractivity contribution in [2.45, 2.75) is 50.0 Å². The van der Waals surface area contributed by atoms with Gasteiger partial charge in [0, 0.05) is 29.8 Å². The minimum absolute atomic E-state index is 0.300. The molecule has 26 heavy (non-hydrogen) atoms. The number of aliphatic hydroxyl groups is 3. The molecule has 142 valence electrons. The van der Waals surface area contributed by atoms with Crippen molar-refractivity contribution in [2.75, 3.05) is 19.0 Å². The van der Waals surface area contributed by atoms with Crippen LogP contribution >= 0.6 is 0 Å². The van der Waals surface area contributed by atoms with E-state index in [1.165, 1.54) is 7.11 Å². The van der Waals surface area contributed by atoms with Gasteiger partial charge in [-0.1, -0.05) is 0 Å². The molecule has 0 bridgehead atoms. The lowest BCUT2D eigenvalue weighted by molar-refractivity contribution is -0.0953. The second-order valence-corrected chi connectivity index (χ2v) is 6.89. The summed E-state index contributed by atoms with van der Waals surface area (Å²) in [6.07, 6.45) is -1.21. The highest BCUT2D eigenvalue weighted by molar-refractivity contribution is 5.81. The maximum Gasteiger partial charge on any atom is 0.339 e. The molecule has 3 rings (SSSR count). The number of fused-ring (bicyclic) bond motifs is 1. The number of anilines is 1. The molecule has 4 atom stereocenters. The molecule has 0 saturated heterocycles. The summed E-state index contributed by atoms with van der Waals surface area (Å²) in [4.78, 5) is 12.1. The molecule has 1 aliphatic carbocycles. The highest BCUT2D eigenvalue weighted by Gasteiger charge is 2.30. The third-order valence-electron chi connectivity index (χ3n) is 4.90. The molecule has 1 heterocycles. The van der Waals surface area contributed by atoms with E-state index in [2.05, 4.69) is 5.32 Å². The quantitative estimate of drug-likeness (QED) is 0.521. The molecule has 7 nitrogen and oxygen atoms in total. The van der Waals surface area contributed by atoms with Crippen LogP contribution in [0.2, 0.25) is 0 Å². The molecule has 1 aliphatic rings. The van der Waals surface area contributed by atoms with Gasteiger partial charge in [0.2, 0.25) is 0 Å². The highest BCUT2D eigenvalue weighted by atomic mass is 16.5. The van der Waals surface area contributed by atoms with Crippen LogP contribution in [0.5, 0.6) is 0 Å². The molecule has 0 radical (unpaired) electrons. The van der Waals surface area contributed by atoms with Gasteiger partial charge in [0.25, 0.3) is 0 Å². The number of benzene rings is 1. The van der Waals surface area contributed by atoms with Gasteiger partial charge in [-0.3, -0.25) is 0 Å². The van der Waals surface area contributed by atoms with E-state index < -0.39 is 31.0 Å². The van der Waals surface area contributed by atoms with Crippen LogP contribution in [-0.4, -0.2) is 53.4 Å². The van der Waals surface area contributed by atoms with Gasteiger partial charge in [-0.2, -0.15) is 0 Å². The van der Waals surface area contributed by atoms with Crippen LogP contribution in [0.25, 0.3) is 11.0 Å². The van der Waals surface area contributed by atoms with E-state index in [1.807, 2.05) is 18.2 Å².